The highest BCUT2D eigenvalue weighted by Crippen LogP contribution is 2.34. The Labute approximate surface area is 166 Å². The van der Waals surface area contributed by atoms with Gasteiger partial charge in [-0.25, -0.2) is 0 Å². The van der Waals surface area contributed by atoms with E-state index in [1.165, 1.54) is 5.56 Å². The van der Waals surface area contributed by atoms with Crippen molar-refractivity contribution in [1.29, 1.82) is 0 Å². The summed E-state index contributed by atoms with van der Waals surface area (Å²) in [5, 5.41) is 15.9. The Hall–Kier alpha value is -1.79. The van der Waals surface area contributed by atoms with E-state index >= 15 is 0 Å². The quantitative estimate of drug-likeness (QED) is 0.484. The van der Waals surface area contributed by atoms with E-state index in [1.807, 2.05) is 12.1 Å². The maximum absolute atomic E-state index is 8.72. The minimum absolute atomic E-state index is 0.168. The first kappa shape index (κ1) is 21.5. The Balaban J connectivity index is 1.88. The smallest absolute Gasteiger partial charge is 0.163 e. The molecule has 0 aliphatic heterocycles. The molecule has 0 heterocycles. The maximum atomic E-state index is 8.72. The van der Waals surface area contributed by atoms with E-state index < -0.39 is 0 Å². The van der Waals surface area contributed by atoms with Crippen molar-refractivity contribution in [3.63, 3.8) is 0 Å². The molecule has 0 aliphatic rings. The van der Waals surface area contributed by atoms with E-state index in [4.69, 9.17) is 26.2 Å². The number of rotatable bonds is 12. The highest BCUT2D eigenvalue weighted by atomic mass is 35.5. The van der Waals surface area contributed by atoms with Crippen molar-refractivity contribution in [3.8, 4) is 11.5 Å². The highest BCUT2D eigenvalue weighted by Gasteiger charge is 2.11. The predicted octanol–water partition coefficient (Wildman–Crippen LogP) is 3.30. The third-order valence-corrected chi connectivity index (χ3v) is 4.51. The molecule has 0 unspecified atom stereocenters. The summed E-state index contributed by atoms with van der Waals surface area (Å²) in [7, 11) is 1.63. The standard InChI is InChI=1S/C21H29ClN2O3/c1-16-4-6-17(7-5-16)15-27-21-13-19(22)18(12-20(21)26-2)14-24-9-3-8-23-10-11-25/h4-7,12-13,23-25H,3,8-11,14-15H2,1-2H3. The molecule has 0 bridgehead atoms. The fourth-order valence-electron chi connectivity index (χ4n) is 2.60. The topological polar surface area (TPSA) is 62.8 Å². The van der Waals surface area contributed by atoms with Crippen LogP contribution in [0.1, 0.15) is 23.1 Å². The molecule has 6 heteroatoms. The Morgan fingerprint density at radius 2 is 1.74 bits per heavy atom. The molecule has 148 valence electrons. The van der Waals surface area contributed by atoms with Crippen LogP contribution in [0.2, 0.25) is 5.02 Å². The van der Waals surface area contributed by atoms with Gasteiger partial charge in [0.25, 0.3) is 0 Å². The number of benzene rings is 2. The summed E-state index contributed by atoms with van der Waals surface area (Å²) in [4.78, 5) is 0. The van der Waals surface area contributed by atoms with Gasteiger partial charge in [-0.1, -0.05) is 41.4 Å². The fraction of sp³-hybridized carbons (Fsp3) is 0.429. The molecule has 0 atom stereocenters. The molecule has 2 rings (SSSR count). The number of hydrogen-bond acceptors (Lipinski definition) is 5. The number of ether oxygens (including phenoxy) is 2. The SMILES string of the molecule is COc1cc(CNCCCNCCO)c(Cl)cc1OCc1ccc(C)cc1. The van der Waals surface area contributed by atoms with Crippen LogP contribution in [0.15, 0.2) is 36.4 Å². The molecule has 2 aromatic rings. The number of aliphatic hydroxyl groups is 1. The summed E-state index contributed by atoms with van der Waals surface area (Å²) < 4.78 is 11.4. The molecule has 0 aromatic heterocycles. The Morgan fingerprint density at radius 3 is 2.44 bits per heavy atom. The average molecular weight is 393 g/mol. The van der Waals surface area contributed by atoms with Gasteiger partial charge in [0.2, 0.25) is 0 Å². The summed E-state index contributed by atoms with van der Waals surface area (Å²) in [6.07, 6.45) is 0.979. The number of aryl methyl sites for hydroxylation is 1. The van der Waals surface area contributed by atoms with Crippen LogP contribution in [0.25, 0.3) is 0 Å². The highest BCUT2D eigenvalue weighted by molar-refractivity contribution is 6.31. The molecular weight excluding hydrogens is 364 g/mol. The molecule has 0 aliphatic carbocycles. The second-order valence-electron chi connectivity index (χ2n) is 6.37. The summed E-state index contributed by atoms with van der Waals surface area (Å²) in [6, 6.07) is 12.0. The summed E-state index contributed by atoms with van der Waals surface area (Å²) >= 11 is 6.43. The molecule has 0 amide bonds. The van der Waals surface area contributed by atoms with Gasteiger partial charge in [-0.2, -0.15) is 0 Å². The largest absolute Gasteiger partial charge is 0.493 e. The number of methoxy groups -OCH3 is 1. The van der Waals surface area contributed by atoms with Crippen molar-refractivity contribution in [2.24, 2.45) is 0 Å². The maximum Gasteiger partial charge on any atom is 0.163 e. The number of hydrogen-bond donors (Lipinski definition) is 3. The Kier molecular flexibility index (Phi) is 9.42. The number of nitrogens with one attached hydrogen (secondary N) is 2. The Morgan fingerprint density at radius 1 is 1.00 bits per heavy atom. The van der Waals surface area contributed by atoms with Crippen LogP contribution in [0, 0.1) is 6.92 Å². The zero-order valence-electron chi connectivity index (χ0n) is 16.1. The van der Waals surface area contributed by atoms with Gasteiger partial charge in [-0.05, 0) is 43.6 Å². The molecule has 5 nitrogen and oxygen atoms in total. The van der Waals surface area contributed by atoms with Gasteiger partial charge in [0.1, 0.15) is 6.61 Å². The first-order valence-electron chi connectivity index (χ1n) is 9.21. The van der Waals surface area contributed by atoms with Gasteiger partial charge in [0, 0.05) is 24.2 Å². The summed E-state index contributed by atoms with van der Waals surface area (Å²) in [5.74, 6) is 1.31. The molecule has 0 saturated carbocycles. The van der Waals surface area contributed by atoms with Crippen LogP contribution in [0.5, 0.6) is 11.5 Å². The van der Waals surface area contributed by atoms with E-state index in [2.05, 4.69) is 41.8 Å². The van der Waals surface area contributed by atoms with Crippen LogP contribution in [-0.2, 0) is 13.2 Å². The minimum atomic E-state index is 0.168. The number of halogens is 1. The lowest BCUT2D eigenvalue weighted by Gasteiger charge is -2.14. The van der Waals surface area contributed by atoms with Gasteiger partial charge >= 0.3 is 0 Å². The van der Waals surface area contributed by atoms with E-state index in [-0.39, 0.29) is 6.61 Å². The van der Waals surface area contributed by atoms with Crippen molar-refractivity contribution >= 4 is 11.6 Å². The summed E-state index contributed by atoms with van der Waals surface area (Å²) in [5.41, 5.74) is 3.29. The first-order valence-corrected chi connectivity index (χ1v) is 9.59. The third kappa shape index (κ3) is 7.39. The van der Waals surface area contributed by atoms with Gasteiger partial charge in [-0.15, -0.1) is 0 Å². The predicted molar refractivity (Wildman–Crippen MR) is 110 cm³/mol. The zero-order valence-corrected chi connectivity index (χ0v) is 16.8. The lowest BCUT2D eigenvalue weighted by Crippen LogP contribution is -2.24. The molecule has 3 N–H and O–H groups in total. The minimum Gasteiger partial charge on any atom is -0.493 e. The van der Waals surface area contributed by atoms with Crippen molar-refractivity contribution in [2.75, 3.05) is 33.4 Å². The van der Waals surface area contributed by atoms with Crippen molar-refractivity contribution in [1.82, 2.24) is 10.6 Å². The van der Waals surface area contributed by atoms with Crippen LogP contribution < -0.4 is 20.1 Å². The molecule has 0 saturated heterocycles. The second-order valence-corrected chi connectivity index (χ2v) is 6.78. The zero-order chi connectivity index (χ0) is 19.5. The third-order valence-electron chi connectivity index (χ3n) is 4.16. The van der Waals surface area contributed by atoms with Gasteiger partial charge in [0.05, 0.1) is 13.7 Å². The fourth-order valence-corrected chi connectivity index (χ4v) is 2.82. The van der Waals surface area contributed by atoms with Gasteiger partial charge in [-0.3, -0.25) is 0 Å². The monoisotopic (exact) mass is 392 g/mol. The van der Waals surface area contributed by atoms with Crippen LogP contribution in [0.3, 0.4) is 0 Å². The lowest BCUT2D eigenvalue weighted by atomic mass is 10.1. The van der Waals surface area contributed by atoms with E-state index in [0.29, 0.717) is 36.2 Å². The molecule has 0 spiro atoms. The van der Waals surface area contributed by atoms with Crippen molar-refractivity contribution < 1.29 is 14.6 Å². The Bertz CT molecular complexity index is 693. The molecule has 0 fully saturated rings. The van der Waals surface area contributed by atoms with E-state index in [9.17, 15) is 0 Å². The van der Waals surface area contributed by atoms with E-state index in [0.717, 1.165) is 30.6 Å². The van der Waals surface area contributed by atoms with E-state index in [1.54, 1.807) is 7.11 Å². The summed E-state index contributed by atoms with van der Waals surface area (Å²) in [6.45, 7) is 5.72. The number of aliphatic hydroxyl groups excluding tert-OH is 1. The van der Waals surface area contributed by atoms with Gasteiger partial charge in [0.15, 0.2) is 11.5 Å². The lowest BCUT2D eigenvalue weighted by molar-refractivity contribution is 0.284. The van der Waals surface area contributed by atoms with Crippen LogP contribution >= 0.6 is 11.6 Å². The van der Waals surface area contributed by atoms with Crippen molar-refractivity contribution in [3.05, 3.63) is 58.1 Å². The molecule has 0 radical (unpaired) electrons. The molecule has 27 heavy (non-hydrogen) atoms. The van der Waals surface area contributed by atoms with Gasteiger partial charge < -0.3 is 25.2 Å². The van der Waals surface area contributed by atoms with Crippen LogP contribution in [-0.4, -0.2) is 38.5 Å². The average Bonchev–Trinajstić information content (AvgIpc) is 2.68. The first-order chi connectivity index (χ1) is 13.1. The van der Waals surface area contributed by atoms with Crippen molar-refractivity contribution in [2.45, 2.75) is 26.5 Å². The normalized spacial score (nSPS) is 10.8. The van der Waals surface area contributed by atoms with Crippen LogP contribution in [0.4, 0.5) is 0 Å². The second kappa shape index (κ2) is 11.8. The molecule has 2 aromatic carbocycles. The molecular formula is C21H29ClN2O3.